The Labute approximate surface area is 225 Å². The highest BCUT2D eigenvalue weighted by Gasteiger charge is 2.62. The molecule has 37 heavy (non-hydrogen) atoms. The molecule has 4 nitrogen and oxygen atoms in total. The molecule has 0 heterocycles. The highest BCUT2D eigenvalue weighted by atomic mass is 16.5. The third kappa shape index (κ3) is 5.02. The molecule has 0 spiro atoms. The van der Waals surface area contributed by atoms with E-state index in [1.165, 1.54) is 36.5 Å². The Morgan fingerprint density at radius 3 is 2.30 bits per heavy atom. The summed E-state index contributed by atoms with van der Waals surface area (Å²) in [5.41, 5.74) is 4.96. The summed E-state index contributed by atoms with van der Waals surface area (Å²) >= 11 is 0. The number of fused-ring (bicyclic) bond motifs is 3. The van der Waals surface area contributed by atoms with Crippen molar-refractivity contribution in [1.82, 2.24) is 0 Å². The van der Waals surface area contributed by atoms with E-state index in [0.717, 1.165) is 44.9 Å². The van der Waals surface area contributed by atoms with Crippen LogP contribution in [0.4, 0.5) is 0 Å². The predicted molar refractivity (Wildman–Crippen MR) is 151 cm³/mol. The SMILES string of the molecule is C=C(CCC(C(=O)OC)[C@H]1CC[C@@]2(C)C3=CC[C@@H](C(=C)C)[C@](C)(CCC(=O)OC)C3=CC[C@]12C)C(C)C. The number of ether oxygens (including phenoxy) is 2. The number of allylic oxidation sites excluding steroid dienone is 6. The van der Waals surface area contributed by atoms with E-state index in [1.54, 1.807) is 0 Å². The quantitative estimate of drug-likeness (QED) is 0.221. The lowest BCUT2D eigenvalue weighted by Gasteiger charge is -2.56. The molecule has 0 bridgehead atoms. The fraction of sp³-hybridized carbons (Fsp3) is 0.697. The van der Waals surface area contributed by atoms with Crippen LogP contribution in [0.1, 0.15) is 92.9 Å². The van der Waals surface area contributed by atoms with Crippen LogP contribution in [0, 0.1) is 39.9 Å². The van der Waals surface area contributed by atoms with Crippen molar-refractivity contribution in [2.75, 3.05) is 14.2 Å². The second kappa shape index (κ2) is 10.9. The maximum Gasteiger partial charge on any atom is 0.308 e. The van der Waals surface area contributed by atoms with Crippen LogP contribution in [0.15, 0.2) is 47.6 Å². The second-order valence-electron chi connectivity index (χ2n) is 12.9. The van der Waals surface area contributed by atoms with Crippen LogP contribution in [0.25, 0.3) is 0 Å². The molecule has 1 unspecified atom stereocenters. The van der Waals surface area contributed by atoms with Crippen LogP contribution < -0.4 is 0 Å². The molecule has 0 N–H and O–H groups in total. The van der Waals surface area contributed by atoms with E-state index in [-0.39, 0.29) is 40.0 Å². The average molecular weight is 511 g/mol. The molecule has 6 atom stereocenters. The smallest absolute Gasteiger partial charge is 0.308 e. The van der Waals surface area contributed by atoms with E-state index in [9.17, 15) is 9.59 Å². The summed E-state index contributed by atoms with van der Waals surface area (Å²) in [7, 11) is 2.99. The maximum atomic E-state index is 13.1. The number of rotatable bonds is 10. The molecule has 1 saturated carbocycles. The zero-order chi connectivity index (χ0) is 27.8. The molecule has 0 aliphatic heterocycles. The molecule has 3 aliphatic carbocycles. The van der Waals surface area contributed by atoms with Crippen molar-refractivity contribution in [3.05, 3.63) is 47.6 Å². The molecule has 0 amide bonds. The van der Waals surface area contributed by atoms with Gasteiger partial charge in [-0.2, -0.15) is 0 Å². The van der Waals surface area contributed by atoms with E-state index < -0.39 is 0 Å². The largest absolute Gasteiger partial charge is 0.469 e. The number of hydrogen-bond acceptors (Lipinski definition) is 4. The first kappa shape index (κ1) is 29.5. The maximum absolute atomic E-state index is 13.1. The summed E-state index contributed by atoms with van der Waals surface area (Å²) in [4.78, 5) is 25.3. The number of esters is 2. The van der Waals surface area contributed by atoms with Crippen LogP contribution in [0.5, 0.6) is 0 Å². The Bertz CT molecular complexity index is 1000. The van der Waals surface area contributed by atoms with Crippen LogP contribution >= 0.6 is 0 Å². The molecular weight excluding hydrogens is 460 g/mol. The van der Waals surface area contributed by atoms with E-state index >= 15 is 0 Å². The third-order valence-electron chi connectivity index (χ3n) is 10.8. The minimum absolute atomic E-state index is 0.0321. The summed E-state index contributed by atoms with van der Waals surface area (Å²) in [6.45, 7) is 22.2. The normalized spacial score (nSPS) is 33.5. The van der Waals surface area contributed by atoms with E-state index in [0.29, 0.717) is 18.3 Å². The zero-order valence-corrected chi connectivity index (χ0v) is 24.7. The van der Waals surface area contributed by atoms with Gasteiger partial charge in [-0.15, -0.1) is 0 Å². The predicted octanol–water partition coefficient (Wildman–Crippen LogP) is 8.00. The van der Waals surface area contributed by atoms with Crippen LogP contribution in [0.3, 0.4) is 0 Å². The summed E-state index contributed by atoms with van der Waals surface area (Å²) in [6.07, 6.45) is 11.6. The minimum atomic E-state index is -0.163. The Morgan fingerprint density at radius 2 is 1.73 bits per heavy atom. The van der Waals surface area contributed by atoms with Crippen molar-refractivity contribution in [3.8, 4) is 0 Å². The number of methoxy groups -OCH3 is 2. The third-order valence-corrected chi connectivity index (χ3v) is 10.8. The van der Waals surface area contributed by atoms with Crippen molar-refractivity contribution >= 4 is 11.9 Å². The van der Waals surface area contributed by atoms with Gasteiger partial charge in [0, 0.05) is 6.42 Å². The Balaban J connectivity index is 2.01. The average Bonchev–Trinajstić information content (AvgIpc) is 3.13. The van der Waals surface area contributed by atoms with Gasteiger partial charge >= 0.3 is 11.9 Å². The van der Waals surface area contributed by atoms with Crippen LogP contribution in [-0.2, 0) is 19.1 Å². The Kier molecular flexibility index (Phi) is 8.71. The number of carbonyl (C=O) groups is 2. The first-order valence-corrected chi connectivity index (χ1v) is 14.2. The van der Waals surface area contributed by atoms with Gasteiger partial charge in [-0.25, -0.2) is 0 Å². The molecule has 0 saturated heterocycles. The van der Waals surface area contributed by atoms with Crippen molar-refractivity contribution in [3.63, 3.8) is 0 Å². The molecule has 3 aliphatic rings. The second-order valence-corrected chi connectivity index (χ2v) is 12.9. The Morgan fingerprint density at radius 1 is 1.05 bits per heavy atom. The molecule has 3 rings (SSSR count). The van der Waals surface area contributed by atoms with Gasteiger partial charge in [0.2, 0.25) is 0 Å². The number of hydrogen-bond donors (Lipinski definition) is 0. The van der Waals surface area contributed by atoms with Crippen LogP contribution in [0.2, 0.25) is 0 Å². The van der Waals surface area contributed by atoms with Gasteiger partial charge in [0.05, 0.1) is 20.1 Å². The van der Waals surface area contributed by atoms with E-state index in [4.69, 9.17) is 9.47 Å². The molecule has 0 aromatic rings. The van der Waals surface area contributed by atoms with Gasteiger partial charge < -0.3 is 9.47 Å². The summed E-state index contributed by atoms with van der Waals surface area (Å²) in [6, 6.07) is 0. The van der Waals surface area contributed by atoms with Crippen LogP contribution in [-0.4, -0.2) is 26.2 Å². The first-order valence-electron chi connectivity index (χ1n) is 14.2. The van der Waals surface area contributed by atoms with Gasteiger partial charge in [0.25, 0.3) is 0 Å². The van der Waals surface area contributed by atoms with Crippen molar-refractivity contribution in [2.45, 2.75) is 92.9 Å². The van der Waals surface area contributed by atoms with Crippen molar-refractivity contribution in [2.24, 2.45) is 39.9 Å². The lowest BCUT2D eigenvalue weighted by Crippen LogP contribution is -2.48. The van der Waals surface area contributed by atoms with Gasteiger partial charge in [-0.05, 0) is 97.0 Å². The highest BCUT2D eigenvalue weighted by Crippen LogP contribution is 2.70. The molecule has 0 aromatic heterocycles. The fourth-order valence-electron chi connectivity index (χ4n) is 7.98. The summed E-state index contributed by atoms with van der Waals surface area (Å²) in [5.74, 6) is 0.602. The van der Waals surface area contributed by atoms with Gasteiger partial charge in [0.15, 0.2) is 0 Å². The first-order chi connectivity index (χ1) is 17.3. The fourth-order valence-corrected chi connectivity index (χ4v) is 7.98. The van der Waals surface area contributed by atoms with Crippen molar-refractivity contribution in [1.29, 1.82) is 0 Å². The molecular formula is C33H50O4. The highest BCUT2D eigenvalue weighted by molar-refractivity contribution is 5.73. The molecule has 4 heteroatoms. The molecule has 206 valence electrons. The lowest BCUT2D eigenvalue weighted by atomic mass is 9.48. The Hall–Kier alpha value is -2.10. The topological polar surface area (TPSA) is 52.6 Å². The zero-order valence-electron chi connectivity index (χ0n) is 24.7. The van der Waals surface area contributed by atoms with Gasteiger partial charge in [0.1, 0.15) is 0 Å². The molecule has 1 fully saturated rings. The number of carbonyl (C=O) groups excluding carboxylic acids is 2. The lowest BCUT2D eigenvalue weighted by molar-refractivity contribution is -0.150. The summed E-state index contributed by atoms with van der Waals surface area (Å²) < 4.78 is 10.4. The monoisotopic (exact) mass is 510 g/mol. The molecule has 0 radical (unpaired) electrons. The van der Waals surface area contributed by atoms with E-state index in [2.05, 4.69) is 66.9 Å². The van der Waals surface area contributed by atoms with E-state index in [1.807, 2.05) is 0 Å². The van der Waals surface area contributed by atoms with Gasteiger partial charge in [-0.3, -0.25) is 9.59 Å². The summed E-state index contributed by atoms with van der Waals surface area (Å²) in [5, 5.41) is 0. The molecule has 0 aromatic carbocycles. The standard InChI is InChI=1S/C33H50O4/c1-21(2)23(5)11-12-24(30(35)37-10)26-15-19-33(8)28-14-13-25(22(3)4)31(6,18-17-29(34)36-9)27(28)16-20-32(26,33)7/h14,16,21,24-26H,3,5,11-13,15,17-20H2,1-2,4,6-10H3/t24?,25-,26+,31-,32+,33-/m0/s1. The van der Waals surface area contributed by atoms with Gasteiger partial charge in [-0.1, -0.05) is 71.1 Å². The minimum Gasteiger partial charge on any atom is -0.469 e. The van der Waals surface area contributed by atoms with Crippen molar-refractivity contribution < 1.29 is 19.1 Å².